The maximum absolute atomic E-state index is 12.6. The van der Waals surface area contributed by atoms with E-state index in [9.17, 15) is 9.59 Å². The number of hydrogen-bond donors (Lipinski definition) is 0. The van der Waals surface area contributed by atoms with Gasteiger partial charge in [0.05, 0.1) is 0 Å². The van der Waals surface area contributed by atoms with E-state index in [4.69, 9.17) is 0 Å². The summed E-state index contributed by atoms with van der Waals surface area (Å²) >= 11 is 0. The van der Waals surface area contributed by atoms with Crippen LogP contribution < -0.4 is 0 Å². The topological polar surface area (TPSA) is 43.9 Å². The largest absolute Gasteiger partial charge is 0.343 e. The molecule has 1 spiro atoms. The van der Waals surface area contributed by atoms with Crippen molar-refractivity contribution >= 4 is 11.8 Å². The minimum absolute atomic E-state index is 0.203. The number of carbonyl (C=O) groups is 2. The molecule has 2 amide bonds. The van der Waals surface area contributed by atoms with Crippen molar-refractivity contribution < 1.29 is 9.59 Å². The molecule has 3 fully saturated rings. The Morgan fingerprint density at radius 1 is 0.966 bits per heavy atom. The normalized spacial score (nSPS) is 22.4. The third-order valence-electron chi connectivity index (χ3n) is 7.20. The number of carbonyl (C=O) groups excluding carboxylic acids is 2. The van der Waals surface area contributed by atoms with Gasteiger partial charge in [-0.05, 0) is 69.1 Å². The van der Waals surface area contributed by atoms with Crippen LogP contribution in [0.4, 0.5) is 0 Å². The van der Waals surface area contributed by atoms with Crippen molar-refractivity contribution in [3.05, 3.63) is 35.9 Å². The highest BCUT2D eigenvalue weighted by atomic mass is 16.2. The molecule has 158 valence electrons. The first-order valence-electron chi connectivity index (χ1n) is 11.5. The van der Waals surface area contributed by atoms with E-state index in [-0.39, 0.29) is 11.3 Å². The van der Waals surface area contributed by atoms with Gasteiger partial charge in [0.1, 0.15) is 0 Å². The zero-order valence-electron chi connectivity index (χ0n) is 17.7. The second-order valence-corrected chi connectivity index (χ2v) is 9.27. The quantitative estimate of drug-likeness (QED) is 0.740. The van der Waals surface area contributed by atoms with Crippen LogP contribution in [0, 0.1) is 5.41 Å². The van der Waals surface area contributed by atoms with Crippen molar-refractivity contribution in [1.29, 1.82) is 0 Å². The molecule has 3 heterocycles. The van der Waals surface area contributed by atoms with Gasteiger partial charge in [-0.15, -0.1) is 0 Å². The van der Waals surface area contributed by atoms with Gasteiger partial charge >= 0.3 is 0 Å². The summed E-state index contributed by atoms with van der Waals surface area (Å²) in [7, 11) is 0. The molecule has 4 rings (SSSR count). The summed E-state index contributed by atoms with van der Waals surface area (Å²) in [6, 6.07) is 10.3. The Bertz CT molecular complexity index is 691. The number of rotatable bonds is 6. The molecule has 29 heavy (non-hydrogen) atoms. The smallest absolute Gasteiger partial charge is 0.222 e. The monoisotopic (exact) mass is 397 g/mol. The SMILES string of the molecule is O=C(CCCN1CCCC1)N1CCC2(CCC(=O)N(Cc3ccccc3)C2)CC1. The van der Waals surface area contributed by atoms with Crippen LogP contribution in [0.1, 0.15) is 56.9 Å². The van der Waals surface area contributed by atoms with E-state index in [2.05, 4.69) is 21.9 Å². The Labute approximate surface area is 175 Å². The van der Waals surface area contributed by atoms with Crippen LogP contribution >= 0.6 is 0 Å². The predicted octanol–water partition coefficient (Wildman–Crippen LogP) is 3.29. The van der Waals surface area contributed by atoms with Crippen LogP contribution in [0.3, 0.4) is 0 Å². The average molecular weight is 398 g/mol. The van der Waals surface area contributed by atoms with Crippen LogP contribution in [0.15, 0.2) is 30.3 Å². The van der Waals surface area contributed by atoms with E-state index in [0.29, 0.717) is 25.3 Å². The third kappa shape index (κ3) is 5.19. The first-order valence-corrected chi connectivity index (χ1v) is 11.5. The Morgan fingerprint density at radius 2 is 1.69 bits per heavy atom. The van der Waals surface area contributed by atoms with Gasteiger partial charge < -0.3 is 14.7 Å². The molecule has 0 N–H and O–H groups in total. The van der Waals surface area contributed by atoms with Gasteiger partial charge in [-0.3, -0.25) is 9.59 Å². The minimum Gasteiger partial charge on any atom is -0.343 e. The molecular weight excluding hydrogens is 362 g/mol. The second kappa shape index (κ2) is 9.29. The molecule has 3 saturated heterocycles. The van der Waals surface area contributed by atoms with E-state index >= 15 is 0 Å². The lowest BCUT2D eigenvalue weighted by Crippen LogP contribution is -2.52. The van der Waals surface area contributed by atoms with Crippen molar-refractivity contribution in [3.63, 3.8) is 0 Å². The summed E-state index contributed by atoms with van der Waals surface area (Å²) in [6.07, 6.45) is 7.98. The molecule has 3 aliphatic rings. The highest BCUT2D eigenvalue weighted by Crippen LogP contribution is 2.40. The zero-order chi connectivity index (χ0) is 20.1. The van der Waals surface area contributed by atoms with Gasteiger partial charge in [0.15, 0.2) is 0 Å². The lowest BCUT2D eigenvalue weighted by atomic mass is 9.72. The van der Waals surface area contributed by atoms with Crippen molar-refractivity contribution in [1.82, 2.24) is 14.7 Å². The number of hydrogen-bond acceptors (Lipinski definition) is 3. The Hall–Kier alpha value is -1.88. The molecule has 3 aliphatic heterocycles. The molecule has 1 aromatic carbocycles. The summed E-state index contributed by atoms with van der Waals surface area (Å²) in [5.74, 6) is 0.604. The average Bonchev–Trinajstić information content (AvgIpc) is 3.26. The van der Waals surface area contributed by atoms with E-state index < -0.39 is 0 Å². The highest BCUT2D eigenvalue weighted by molar-refractivity contribution is 5.77. The van der Waals surface area contributed by atoms with Crippen molar-refractivity contribution in [3.8, 4) is 0 Å². The molecule has 0 radical (unpaired) electrons. The molecule has 1 aromatic rings. The summed E-state index contributed by atoms with van der Waals surface area (Å²) < 4.78 is 0. The van der Waals surface area contributed by atoms with Crippen molar-refractivity contribution in [2.45, 2.75) is 57.9 Å². The summed E-state index contributed by atoms with van der Waals surface area (Å²) in [6.45, 7) is 6.75. The maximum atomic E-state index is 12.6. The number of nitrogens with zero attached hydrogens (tertiary/aromatic N) is 3. The Morgan fingerprint density at radius 3 is 2.41 bits per heavy atom. The van der Waals surface area contributed by atoms with Crippen molar-refractivity contribution in [2.24, 2.45) is 5.41 Å². The van der Waals surface area contributed by atoms with Crippen LogP contribution in [-0.4, -0.2) is 65.8 Å². The van der Waals surface area contributed by atoms with Crippen LogP contribution in [0.2, 0.25) is 0 Å². The molecule has 0 bridgehead atoms. The molecular formula is C24H35N3O2. The fourth-order valence-electron chi connectivity index (χ4n) is 5.31. The van der Waals surface area contributed by atoms with E-state index in [1.165, 1.54) is 31.5 Å². The first kappa shape index (κ1) is 20.4. The molecule has 0 saturated carbocycles. The Balaban J connectivity index is 1.25. The molecule has 0 aromatic heterocycles. The molecule has 0 unspecified atom stereocenters. The summed E-state index contributed by atoms with van der Waals surface area (Å²) in [5, 5.41) is 0. The fraction of sp³-hybridized carbons (Fsp3) is 0.667. The number of benzene rings is 1. The van der Waals surface area contributed by atoms with Gasteiger partial charge in [-0.2, -0.15) is 0 Å². The van der Waals surface area contributed by atoms with Crippen LogP contribution in [0.25, 0.3) is 0 Å². The van der Waals surface area contributed by atoms with Crippen LogP contribution in [-0.2, 0) is 16.1 Å². The van der Waals surface area contributed by atoms with E-state index in [0.717, 1.165) is 51.9 Å². The minimum atomic E-state index is 0.203. The summed E-state index contributed by atoms with van der Waals surface area (Å²) in [5.41, 5.74) is 1.40. The lowest BCUT2D eigenvalue weighted by molar-refractivity contribution is -0.143. The maximum Gasteiger partial charge on any atom is 0.222 e. The van der Waals surface area contributed by atoms with Gasteiger partial charge in [0, 0.05) is 39.0 Å². The predicted molar refractivity (Wildman–Crippen MR) is 114 cm³/mol. The molecule has 5 nitrogen and oxygen atoms in total. The lowest BCUT2D eigenvalue weighted by Gasteiger charge is -2.47. The zero-order valence-corrected chi connectivity index (χ0v) is 17.7. The molecule has 0 atom stereocenters. The van der Waals surface area contributed by atoms with Crippen molar-refractivity contribution in [2.75, 3.05) is 39.3 Å². The number of amides is 2. The van der Waals surface area contributed by atoms with Gasteiger partial charge in [0.25, 0.3) is 0 Å². The standard InChI is InChI=1S/C24H35N3O2/c28-22(9-6-16-25-14-4-5-15-25)26-17-12-24(13-18-26)11-10-23(29)27(20-24)19-21-7-2-1-3-8-21/h1-3,7-8H,4-6,9-20H2. The number of piperidine rings is 2. The molecule has 5 heteroatoms. The Kier molecular flexibility index (Phi) is 6.53. The first-order chi connectivity index (χ1) is 14.1. The van der Waals surface area contributed by atoms with E-state index in [1.807, 2.05) is 23.1 Å². The summed E-state index contributed by atoms with van der Waals surface area (Å²) in [4.78, 5) is 31.7. The van der Waals surface area contributed by atoms with Crippen LogP contribution in [0.5, 0.6) is 0 Å². The second-order valence-electron chi connectivity index (χ2n) is 9.27. The molecule has 0 aliphatic carbocycles. The van der Waals surface area contributed by atoms with Gasteiger partial charge in [-0.25, -0.2) is 0 Å². The van der Waals surface area contributed by atoms with Gasteiger partial charge in [0.2, 0.25) is 11.8 Å². The fourth-order valence-corrected chi connectivity index (χ4v) is 5.31. The highest BCUT2D eigenvalue weighted by Gasteiger charge is 2.41. The van der Waals surface area contributed by atoms with Gasteiger partial charge in [-0.1, -0.05) is 30.3 Å². The number of likely N-dealkylation sites (tertiary alicyclic amines) is 3. The van der Waals surface area contributed by atoms with E-state index in [1.54, 1.807) is 0 Å². The third-order valence-corrected chi connectivity index (χ3v) is 7.20.